The molecule has 0 aliphatic carbocycles. The monoisotopic (exact) mass is 500 g/mol. The molecule has 0 saturated carbocycles. The summed E-state index contributed by atoms with van der Waals surface area (Å²) in [7, 11) is 2.09. The van der Waals surface area contributed by atoms with Gasteiger partial charge in [0.05, 0.1) is 6.20 Å². The van der Waals surface area contributed by atoms with Gasteiger partial charge in [-0.3, -0.25) is 14.7 Å². The van der Waals surface area contributed by atoms with Gasteiger partial charge < -0.3 is 20.0 Å². The van der Waals surface area contributed by atoms with Gasteiger partial charge >= 0.3 is 0 Å². The number of rotatable bonds is 7. The molecular weight excluding hydrogens is 471 g/mol. The van der Waals surface area contributed by atoms with Crippen molar-refractivity contribution in [3.63, 3.8) is 0 Å². The van der Waals surface area contributed by atoms with Crippen LogP contribution in [0.15, 0.2) is 71.5 Å². The first kappa shape index (κ1) is 24.6. The molecule has 1 aliphatic heterocycles. The molecule has 2 aromatic heterocycles. The molecule has 1 amide bonds. The fraction of sp³-hybridized carbons (Fsp3) is 0.250. The van der Waals surface area contributed by atoms with Crippen LogP contribution in [0.2, 0.25) is 0 Å². The van der Waals surface area contributed by atoms with Crippen molar-refractivity contribution in [3.8, 4) is 11.3 Å². The SMILES string of the molecule is Cc1ccc(NC(=O)c2ccc(CN3CCN(C)CC3)c(F)c2)cc1Nc1ncc(-c2cccnc2)o1. The molecule has 4 aromatic rings. The topological polar surface area (TPSA) is 86.5 Å². The molecule has 37 heavy (non-hydrogen) atoms. The van der Waals surface area contributed by atoms with Gasteiger partial charge in [0.2, 0.25) is 0 Å². The second-order valence-corrected chi connectivity index (χ2v) is 9.27. The van der Waals surface area contributed by atoms with Crippen molar-refractivity contribution in [2.24, 2.45) is 0 Å². The molecule has 1 aliphatic rings. The van der Waals surface area contributed by atoms with Gasteiger partial charge in [-0.2, -0.15) is 0 Å². The average molecular weight is 501 g/mol. The molecule has 5 rings (SSSR count). The summed E-state index contributed by atoms with van der Waals surface area (Å²) >= 11 is 0. The van der Waals surface area contributed by atoms with E-state index in [0.717, 1.165) is 43.0 Å². The third kappa shape index (κ3) is 6.02. The number of pyridine rings is 1. The highest BCUT2D eigenvalue weighted by molar-refractivity contribution is 6.04. The first-order valence-electron chi connectivity index (χ1n) is 12.2. The van der Waals surface area contributed by atoms with Crippen LogP contribution in [0.3, 0.4) is 0 Å². The van der Waals surface area contributed by atoms with Crippen molar-refractivity contribution in [2.75, 3.05) is 43.9 Å². The number of carbonyl (C=O) groups excluding carboxylic acids is 1. The fourth-order valence-electron chi connectivity index (χ4n) is 4.19. The Balaban J connectivity index is 1.24. The standard InChI is InChI=1S/C28H29FN6O2/c1-19-5-8-23(15-25(19)33-28-31-17-26(37-28)21-4-3-9-30-16-21)32-27(36)20-6-7-22(24(29)14-20)18-35-12-10-34(2)11-13-35/h3-9,14-17H,10-13,18H2,1-2H3,(H,31,33)(H,32,36). The molecule has 1 fully saturated rings. The van der Waals surface area contributed by atoms with Crippen LogP contribution in [0, 0.1) is 12.7 Å². The molecule has 8 nitrogen and oxygen atoms in total. The van der Waals surface area contributed by atoms with Crippen molar-refractivity contribution in [1.82, 2.24) is 19.8 Å². The first-order chi connectivity index (χ1) is 17.9. The Labute approximate surface area is 215 Å². The predicted octanol–water partition coefficient (Wildman–Crippen LogP) is 4.93. The Kier molecular flexibility index (Phi) is 7.25. The van der Waals surface area contributed by atoms with E-state index in [0.29, 0.717) is 29.6 Å². The minimum Gasteiger partial charge on any atom is -0.423 e. The number of likely N-dealkylation sites (N-methyl/N-ethyl adjacent to an activating group) is 1. The fourth-order valence-corrected chi connectivity index (χ4v) is 4.19. The van der Waals surface area contributed by atoms with E-state index in [2.05, 4.69) is 37.4 Å². The summed E-state index contributed by atoms with van der Waals surface area (Å²) in [5.41, 5.74) is 3.93. The van der Waals surface area contributed by atoms with E-state index in [9.17, 15) is 9.18 Å². The summed E-state index contributed by atoms with van der Waals surface area (Å²) in [5.74, 6) is -0.156. The van der Waals surface area contributed by atoms with E-state index in [1.807, 2.05) is 25.1 Å². The van der Waals surface area contributed by atoms with Gasteiger partial charge in [0.1, 0.15) is 5.82 Å². The molecule has 0 atom stereocenters. The molecule has 190 valence electrons. The lowest BCUT2D eigenvalue weighted by Gasteiger charge is -2.32. The van der Waals surface area contributed by atoms with E-state index >= 15 is 0 Å². The molecule has 3 heterocycles. The van der Waals surface area contributed by atoms with Crippen molar-refractivity contribution >= 4 is 23.3 Å². The van der Waals surface area contributed by atoms with E-state index < -0.39 is 0 Å². The number of nitrogens with zero attached hydrogens (tertiary/aromatic N) is 4. The average Bonchev–Trinajstić information content (AvgIpc) is 3.37. The van der Waals surface area contributed by atoms with Crippen molar-refractivity contribution in [1.29, 1.82) is 0 Å². The van der Waals surface area contributed by atoms with Gasteiger partial charge in [0.25, 0.3) is 11.9 Å². The number of aromatic nitrogens is 2. The third-order valence-corrected chi connectivity index (χ3v) is 6.49. The quantitative estimate of drug-likeness (QED) is 0.372. The maximum absolute atomic E-state index is 14.8. The lowest BCUT2D eigenvalue weighted by atomic mass is 10.1. The minimum absolute atomic E-state index is 0.267. The number of benzene rings is 2. The molecule has 2 aromatic carbocycles. The Bertz CT molecular complexity index is 1380. The lowest BCUT2D eigenvalue weighted by molar-refractivity contribution is 0.102. The molecule has 1 saturated heterocycles. The molecule has 9 heteroatoms. The summed E-state index contributed by atoms with van der Waals surface area (Å²) in [6, 6.07) is 14.2. The third-order valence-electron chi connectivity index (χ3n) is 6.49. The van der Waals surface area contributed by atoms with E-state index in [4.69, 9.17) is 4.42 Å². The summed E-state index contributed by atoms with van der Waals surface area (Å²) < 4.78 is 20.6. The van der Waals surface area contributed by atoms with E-state index in [1.54, 1.807) is 42.9 Å². The largest absolute Gasteiger partial charge is 0.423 e. The molecule has 0 unspecified atom stereocenters. The van der Waals surface area contributed by atoms with Gasteiger partial charge in [-0.15, -0.1) is 0 Å². The van der Waals surface area contributed by atoms with Crippen LogP contribution in [-0.2, 0) is 6.54 Å². The van der Waals surface area contributed by atoms with Gasteiger partial charge in [-0.1, -0.05) is 12.1 Å². The van der Waals surface area contributed by atoms with Crippen LogP contribution in [0.25, 0.3) is 11.3 Å². The first-order valence-corrected chi connectivity index (χ1v) is 12.2. The Morgan fingerprint density at radius 1 is 1.08 bits per heavy atom. The van der Waals surface area contributed by atoms with Gasteiger partial charge in [-0.05, 0) is 55.9 Å². The van der Waals surface area contributed by atoms with Crippen LogP contribution in [-0.4, -0.2) is 58.9 Å². The van der Waals surface area contributed by atoms with Crippen molar-refractivity contribution in [2.45, 2.75) is 13.5 Å². The van der Waals surface area contributed by atoms with Crippen molar-refractivity contribution in [3.05, 3.63) is 89.6 Å². The number of anilines is 3. The van der Waals surface area contributed by atoms with Gasteiger partial charge in [0, 0.05) is 73.2 Å². The second-order valence-electron chi connectivity index (χ2n) is 9.27. The zero-order valence-electron chi connectivity index (χ0n) is 20.9. The second kappa shape index (κ2) is 10.9. The van der Waals surface area contributed by atoms with Crippen LogP contribution >= 0.6 is 0 Å². The number of nitrogens with one attached hydrogen (secondary N) is 2. The normalized spacial score (nSPS) is 14.5. The highest BCUT2D eigenvalue weighted by Crippen LogP contribution is 2.27. The number of halogens is 1. The number of carbonyl (C=O) groups is 1. The maximum atomic E-state index is 14.8. The van der Waals surface area contributed by atoms with Crippen LogP contribution < -0.4 is 10.6 Å². The molecule has 0 radical (unpaired) electrons. The summed E-state index contributed by atoms with van der Waals surface area (Å²) in [4.78, 5) is 25.7. The Morgan fingerprint density at radius 2 is 1.92 bits per heavy atom. The molecule has 0 spiro atoms. The van der Waals surface area contributed by atoms with Crippen LogP contribution in [0.4, 0.5) is 21.8 Å². The Hall–Kier alpha value is -4.08. The van der Waals surface area contributed by atoms with Crippen LogP contribution in [0.5, 0.6) is 0 Å². The summed E-state index contributed by atoms with van der Waals surface area (Å²) in [5, 5.41) is 6.01. The number of hydrogen-bond acceptors (Lipinski definition) is 7. The van der Waals surface area contributed by atoms with Crippen molar-refractivity contribution < 1.29 is 13.6 Å². The zero-order valence-corrected chi connectivity index (χ0v) is 20.9. The summed E-state index contributed by atoms with van der Waals surface area (Å²) in [6.07, 6.45) is 5.02. The van der Waals surface area contributed by atoms with Crippen LogP contribution in [0.1, 0.15) is 21.5 Å². The molecular formula is C28H29FN6O2. The number of hydrogen-bond donors (Lipinski definition) is 2. The van der Waals surface area contributed by atoms with E-state index in [1.165, 1.54) is 6.07 Å². The number of piperazine rings is 1. The van der Waals surface area contributed by atoms with Gasteiger partial charge in [-0.25, -0.2) is 9.37 Å². The number of amides is 1. The maximum Gasteiger partial charge on any atom is 0.299 e. The minimum atomic E-state index is -0.380. The summed E-state index contributed by atoms with van der Waals surface area (Å²) in [6.45, 7) is 6.22. The highest BCUT2D eigenvalue weighted by atomic mass is 19.1. The number of aryl methyl sites for hydroxylation is 1. The molecule has 0 bridgehead atoms. The van der Waals surface area contributed by atoms with E-state index in [-0.39, 0.29) is 17.3 Å². The lowest BCUT2D eigenvalue weighted by Crippen LogP contribution is -2.44. The van der Waals surface area contributed by atoms with Gasteiger partial charge in [0.15, 0.2) is 5.76 Å². The number of oxazole rings is 1. The molecule has 2 N–H and O–H groups in total. The predicted molar refractivity (Wildman–Crippen MR) is 141 cm³/mol. The smallest absolute Gasteiger partial charge is 0.299 e. The highest BCUT2D eigenvalue weighted by Gasteiger charge is 2.17. The zero-order chi connectivity index (χ0) is 25.8. The Morgan fingerprint density at radius 3 is 2.68 bits per heavy atom.